The molecule has 0 aliphatic rings. The van der Waals surface area contributed by atoms with Gasteiger partial charge in [-0.25, -0.2) is 4.98 Å². The molecule has 11 heteroatoms. The number of carbonyl (C=O) groups excluding carboxylic acids is 1. The van der Waals surface area contributed by atoms with Gasteiger partial charge in [-0.2, -0.15) is 0 Å². The van der Waals surface area contributed by atoms with Crippen LogP contribution >= 0.6 is 23.7 Å². The first-order chi connectivity index (χ1) is 15.9. The second-order valence-corrected chi connectivity index (χ2v) is 8.31. The summed E-state index contributed by atoms with van der Waals surface area (Å²) in [5, 5.41) is 11.9. The molecule has 0 radical (unpaired) electrons. The number of likely N-dealkylation sites (N-methyl/N-ethyl adjacent to an activating group) is 1. The van der Waals surface area contributed by atoms with E-state index in [1.807, 2.05) is 0 Å². The lowest BCUT2D eigenvalue weighted by Crippen LogP contribution is -2.39. The summed E-state index contributed by atoms with van der Waals surface area (Å²) >= 11 is 1.33. The molecular formula is C23H29ClN4O5S. The first-order valence-corrected chi connectivity index (χ1v) is 11.5. The zero-order chi connectivity index (χ0) is 24.1. The molecule has 9 nitrogen and oxygen atoms in total. The van der Waals surface area contributed by atoms with Gasteiger partial charge >= 0.3 is 0 Å². The molecule has 0 fully saturated rings. The first-order valence-electron chi connectivity index (χ1n) is 10.7. The highest BCUT2D eigenvalue weighted by Gasteiger charge is 2.27. The van der Waals surface area contributed by atoms with Gasteiger partial charge < -0.3 is 14.4 Å². The smallest absolute Gasteiger partial charge is 0.273 e. The van der Waals surface area contributed by atoms with E-state index in [1.54, 1.807) is 44.2 Å². The number of hydrogen-bond donors (Lipinski definition) is 0. The molecule has 34 heavy (non-hydrogen) atoms. The number of halogens is 1. The number of aromatic nitrogens is 1. The fraction of sp³-hybridized carbons (Fsp3) is 0.391. The first kappa shape index (κ1) is 27.3. The standard InChI is InChI=1S/C23H28N4O5S.ClH/c1-6-25(7-2)13-14-26(22(28)16-9-8-10-17(15(16)3)27(29)30)23-24-20-18(31-4)11-12-19(32-5)21(20)33-23;/h8-12H,6-7,13-14H2,1-5H3;1H. The number of benzene rings is 2. The third kappa shape index (κ3) is 5.40. The lowest BCUT2D eigenvalue weighted by Gasteiger charge is -2.25. The van der Waals surface area contributed by atoms with Crippen LogP contribution in [0.25, 0.3) is 10.2 Å². The Labute approximate surface area is 208 Å². The van der Waals surface area contributed by atoms with E-state index < -0.39 is 4.92 Å². The predicted molar refractivity (Wildman–Crippen MR) is 137 cm³/mol. The summed E-state index contributed by atoms with van der Waals surface area (Å²) in [6.45, 7) is 8.43. The summed E-state index contributed by atoms with van der Waals surface area (Å²) in [4.78, 5) is 33.2. The Morgan fingerprint density at radius 1 is 1.09 bits per heavy atom. The summed E-state index contributed by atoms with van der Waals surface area (Å²) in [5.41, 5.74) is 1.13. The van der Waals surface area contributed by atoms with Crippen LogP contribution in [0.4, 0.5) is 10.8 Å². The third-order valence-electron chi connectivity index (χ3n) is 5.64. The van der Waals surface area contributed by atoms with Gasteiger partial charge in [0.1, 0.15) is 21.7 Å². The molecule has 0 atom stereocenters. The van der Waals surface area contributed by atoms with Crippen molar-refractivity contribution in [2.75, 3.05) is 45.3 Å². The minimum Gasteiger partial charge on any atom is -0.495 e. The number of methoxy groups -OCH3 is 2. The molecule has 0 aliphatic carbocycles. The zero-order valence-electron chi connectivity index (χ0n) is 19.9. The molecule has 2 aromatic carbocycles. The lowest BCUT2D eigenvalue weighted by atomic mass is 10.1. The number of nitro groups is 1. The van der Waals surface area contributed by atoms with E-state index in [9.17, 15) is 14.9 Å². The molecule has 0 saturated carbocycles. The van der Waals surface area contributed by atoms with Crippen molar-refractivity contribution in [2.45, 2.75) is 20.8 Å². The number of rotatable bonds is 10. The molecule has 3 rings (SSSR count). The van der Waals surface area contributed by atoms with Crippen LogP contribution in [0.3, 0.4) is 0 Å². The number of fused-ring (bicyclic) bond motifs is 1. The highest BCUT2D eigenvalue weighted by Crippen LogP contribution is 2.40. The van der Waals surface area contributed by atoms with E-state index in [0.717, 1.165) is 17.8 Å². The van der Waals surface area contributed by atoms with E-state index in [4.69, 9.17) is 14.5 Å². The average Bonchev–Trinajstić information content (AvgIpc) is 3.26. The van der Waals surface area contributed by atoms with Gasteiger partial charge in [0.15, 0.2) is 5.13 Å². The molecule has 1 amide bonds. The largest absolute Gasteiger partial charge is 0.495 e. The molecule has 0 spiro atoms. The van der Waals surface area contributed by atoms with Crippen molar-refractivity contribution in [3.63, 3.8) is 0 Å². The van der Waals surface area contributed by atoms with Crippen LogP contribution in [0.15, 0.2) is 30.3 Å². The minimum absolute atomic E-state index is 0. The Bertz CT molecular complexity index is 1120. The summed E-state index contributed by atoms with van der Waals surface area (Å²) < 4.78 is 11.7. The number of nitrogens with zero attached hydrogens (tertiary/aromatic N) is 4. The number of carbonyl (C=O) groups is 1. The Balaban J connectivity index is 0.00000408. The van der Waals surface area contributed by atoms with Crippen molar-refractivity contribution in [1.82, 2.24) is 9.88 Å². The van der Waals surface area contributed by atoms with E-state index >= 15 is 0 Å². The summed E-state index contributed by atoms with van der Waals surface area (Å²) in [6, 6.07) is 8.13. The van der Waals surface area contributed by atoms with Gasteiger partial charge in [0.05, 0.1) is 19.1 Å². The summed E-state index contributed by atoms with van der Waals surface area (Å²) in [7, 11) is 3.15. The monoisotopic (exact) mass is 508 g/mol. The van der Waals surface area contributed by atoms with Gasteiger partial charge in [0.2, 0.25) is 0 Å². The SMILES string of the molecule is CCN(CC)CCN(C(=O)c1cccc([N+](=O)[O-])c1C)c1nc2c(OC)ccc(OC)c2s1.Cl. The molecule has 184 valence electrons. The molecule has 1 heterocycles. The van der Waals surface area contributed by atoms with Crippen LogP contribution in [-0.2, 0) is 0 Å². The second-order valence-electron chi connectivity index (χ2n) is 7.33. The maximum atomic E-state index is 13.7. The van der Waals surface area contributed by atoms with Gasteiger partial charge in [-0.15, -0.1) is 12.4 Å². The van der Waals surface area contributed by atoms with Crippen LogP contribution in [0, 0.1) is 17.0 Å². The molecule has 1 aromatic heterocycles. The third-order valence-corrected chi connectivity index (χ3v) is 6.73. The van der Waals surface area contributed by atoms with Crippen LogP contribution in [0.1, 0.15) is 29.8 Å². The average molecular weight is 509 g/mol. The maximum absolute atomic E-state index is 13.7. The fourth-order valence-corrected chi connectivity index (χ4v) is 4.75. The molecule has 0 aliphatic heterocycles. The van der Waals surface area contributed by atoms with Crippen LogP contribution in [0.2, 0.25) is 0 Å². The van der Waals surface area contributed by atoms with Crippen LogP contribution in [0.5, 0.6) is 11.5 Å². The normalized spacial score (nSPS) is 10.8. The molecule has 0 N–H and O–H groups in total. The van der Waals surface area contributed by atoms with Gasteiger partial charge in [0.25, 0.3) is 11.6 Å². The molecule has 0 saturated heterocycles. The highest BCUT2D eigenvalue weighted by atomic mass is 35.5. The van der Waals surface area contributed by atoms with Crippen molar-refractivity contribution in [3.05, 3.63) is 51.6 Å². The van der Waals surface area contributed by atoms with Gasteiger partial charge in [-0.1, -0.05) is 31.3 Å². The zero-order valence-corrected chi connectivity index (χ0v) is 21.5. The number of nitro benzene ring substituents is 1. The fourth-order valence-electron chi connectivity index (χ4n) is 3.65. The number of thiazole rings is 1. The summed E-state index contributed by atoms with van der Waals surface area (Å²) in [5.74, 6) is 0.883. The summed E-state index contributed by atoms with van der Waals surface area (Å²) in [6.07, 6.45) is 0. The van der Waals surface area contributed by atoms with Gasteiger partial charge in [0, 0.05) is 30.3 Å². The topological polar surface area (TPSA) is 98.0 Å². The number of hydrogen-bond acceptors (Lipinski definition) is 8. The highest BCUT2D eigenvalue weighted by molar-refractivity contribution is 7.22. The Hall–Kier alpha value is -2.95. The van der Waals surface area contributed by atoms with Crippen molar-refractivity contribution in [2.24, 2.45) is 0 Å². The van der Waals surface area contributed by atoms with Crippen LogP contribution < -0.4 is 14.4 Å². The van der Waals surface area contributed by atoms with Crippen molar-refractivity contribution < 1.29 is 19.2 Å². The Kier molecular flexibility index (Phi) is 9.60. The van der Waals surface area contributed by atoms with Gasteiger partial charge in [-0.05, 0) is 38.2 Å². The van der Waals surface area contributed by atoms with E-state index in [-0.39, 0.29) is 29.6 Å². The molecule has 3 aromatic rings. The molecular weight excluding hydrogens is 480 g/mol. The lowest BCUT2D eigenvalue weighted by molar-refractivity contribution is -0.385. The van der Waals surface area contributed by atoms with E-state index in [1.165, 1.54) is 23.5 Å². The van der Waals surface area contributed by atoms with E-state index in [2.05, 4.69) is 18.7 Å². The number of anilines is 1. The predicted octanol–water partition coefficient (Wildman–Crippen LogP) is 4.94. The van der Waals surface area contributed by atoms with Crippen LogP contribution in [-0.4, -0.2) is 61.1 Å². The van der Waals surface area contributed by atoms with E-state index in [0.29, 0.717) is 40.8 Å². The maximum Gasteiger partial charge on any atom is 0.273 e. The molecule has 0 bridgehead atoms. The van der Waals surface area contributed by atoms with Crippen molar-refractivity contribution in [1.29, 1.82) is 0 Å². The Morgan fingerprint density at radius 2 is 1.74 bits per heavy atom. The minimum atomic E-state index is -0.472. The van der Waals surface area contributed by atoms with Crippen molar-refractivity contribution >= 4 is 50.7 Å². The van der Waals surface area contributed by atoms with Crippen molar-refractivity contribution in [3.8, 4) is 11.5 Å². The molecule has 0 unspecified atom stereocenters. The quantitative estimate of drug-likeness (QED) is 0.282. The van der Waals surface area contributed by atoms with Gasteiger partial charge in [-0.3, -0.25) is 19.8 Å². The number of ether oxygens (including phenoxy) is 2. The Morgan fingerprint density at radius 3 is 2.32 bits per heavy atom. The number of amides is 1. The second kappa shape index (κ2) is 12.0.